The largest absolute Gasteiger partial charge is 0.354 e. The lowest BCUT2D eigenvalue weighted by Crippen LogP contribution is -2.39. The van der Waals surface area contributed by atoms with Gasteiger partial charge in [0.05, 0.1) is 6.04 Å². The van der Waals surface area contributed by atoms with Gasteiger partial charge in [0.25, 0.3) is 5.91 Å². The fourth-order valence-electron chi connectivity index (χ4n) is 3.09. The zero-order valence-corrected chi connectivity index (χ0v) is 17.2. The van der Waals surface area contributed by atoms with Crippen LogP contribution in [-0.4, -0.2) is 42.9 Å². The summed E-state index contributed by atoms with van der Waals surface area (Å²) in [4.78, 5) is 26.6. The summed E-state index contributed by atoms with van der Waals surface area (Å²) >= 11 is 5.82. The van der Waals surface area contributed by atoms with E-state index in [0.29, 0.717) is 17.1 Å². The highest BCUT2D eigenvalue weighted by atomic mass is 35.5. The van der Waals surface area contributed by atoms with Crippen molar-refractivity contribution in [3.05, 3.63) is 70.7 Å². The Bertz CT molecular complexity index is 746. The predicted molar refractivity (Wildman–Crippen MR) is 114 cm³/mol. The van der Waals surface area contributed by atoms with Crippen LogP contribution in [0.3, 0.4) is 0 Å². The van der Waals surface area contributed by atoms with Gasteiger partial charge >= 0.3 is 0 Å². The SMILES string of the molecule is CCN(CC)[C@@H](CNC(=O)CCNC(=O)c1ccc(Cl)cc1)c1ccccc1. The summed E-state index contributed by atoms with van der Waals surface area (Å²) < 4.78 is 0. The average molecular weight is 402 g/mol. The van der Waals surface area contributed by atoms with Gasteiger partial charge in [0, 0.05) is 30.1 Å². The van der Waals surface area contributed by atoms with Crippen LogP contribution < -0.4 is 10.6 Å². The third-order valence-electron chi connectivity index (χ3n) is 4.67. The Hall–Kier alpha value is -2.37. The molecule has 6 heteroatoms. The van der Waals surface area contributed by atoms with Gasteiger partial charge in [-0.3, -0.25) is 14.5 Å². The van der Waals surface area contributed by atoms with Gasteiger partial charge in [-0.25, -0.2) is 0 Å². The van der Waals surface area contributed by atoms with Crippen LogP contribution in [0, 0.1) is 0 Å². The maximum atomic E-state index is 12.2. The monoisotopic (exact) mass is 401 g/mol. The highest BCUT2D eigenvalue weighted by Gasteiger charge is 2.18. The lowest BCUT2D eigenvalue weighted by atomic mass is 10.1. The van der Waals surface area contributed by atoms with Gasteiger partial charge in [0.1, 0.15) is 0 Å². The summed E-state index contributed by atoms with van der Waals surface area (Å²) in [5.74, 6) is -0.292. The molecule has 2 rings (SSSR count). The molecule has 150 valence electrons. The predicted octanol–water partition coefficient (Wildman–Crippen LogP) is 3.66. The minimum absolute atomic E-state index is 0.0792. The number of likely N-dealkylation sites (N-methyl/N-ethyl adjacent to an activating group) is 1. The van der Waals surface area contributed by atoms with E-state index in [1.807, 2.05) is 18.2 Å². The summed E-state index contributed by atoms with van der Waals surface area (Å²) in [6, 6.07) is 17.0. The van der Waals surface area contributed by atoms with Gasteiger partial charge in [0.15, 0.2) is 0 Å². The van der Waals surface area contributed by atoms with Crippen molar-refractivity contribution in [2.45, 2.75) is 26.3 Å². The third-order valence-corrected chi connectivity index (χ3v) is 4.93. The number of nitrogens with one attached hydrogen (secondary N) is 2. The maximum Gasteiger partial charge on any atom is 0.251 e. The molecule has 0 aliphatic rings. The van der Waals surface area contributed by atoms with Crippen LogP contribution in [0.2, 0.25) is 5.02 Å². The molecule has 0 saturated carbocycles. The van der Waals surface area contributed by atoms with Crippen LogP contribution in [0.4, 0.5) is 0 Å². The summed E-state index contributed by atoms with van der Waals surface area (Å²) in [6.07, 6.45) is 0.235. The fraction of sp³-hybridized carbons (Fsp3) is 0.364. The molecule has 0 aliphatic heterocycles. The number of carbonyl (C=O) groups is 2. The molecule has 0 saturated heterocycles. The Morgan fingerprint density at radius 3 is 2.21 bits per heavy atom. The normalized spacial score (nSPS) is 11.9. The number of hydrogen-bond donors (Lipinski definition) is 2. The molecule has 0 fully saturated rings. The van der Waals surface area contributed by atoms with Crippen molar-refractivity contribution in [2.24, 2.45) is 0 Å². The molecule has 0 aliphatic carbocycles. The van der Waals surface area contributed by atoms with Gasteiger partial charge in [-0.2, -0.15) is 0 Å². The van der Waals surface area contributed by atoms with E-state index in [0.717, 1.165) is 13.1 Å². The lowest BCUT2D eigenvalue weighted by Gasteiger charge is -2.30. The van der Waals surface area contributed by atoms with E-state index in [1.165, 1.54) is 5.56 Å². The molecule has 2 aromatic rings. The van der Waals surface area contributed by atoms with Gasteiger partial charge in [-0.05, 0) is 42.9 Å². The molecule has 28 heavy (non-hydrogen) atoms. The first-order chi connectivity index (χ1) is 13.5. The first-order valence-electron chi connectivity index (χ1n) is 9.64. The number of hydrogen-bond acceptors (Lipinski definition) is 3. The number of benzene rings is 2. The van der Waals surface area contributed by atoms with Gasteiger partial charge in [0.2, 0.25) is 5.91 Å². The van der Waals surface area contributed by atoms with Crippen LogP contribution in [0.25, 0.3) is 0 Å². The highest BCUT2D eigenvalue weighted by molar-refractivity contribution is 6.30. The van der Waals surface area contributed by atoms with Gasteiger partial charge < -0.3 is 10.6 Å². The molecule has 5 nitrogen and oxygen atoms in total. The molecule has 0 bridgehead atoms. The highest BCUT2D eigenvalue weighted by Crippen LogP contribution is 2.19. The number of amides is 2. The van der Waals surface area contributed by atoms with Crippen molar-refractivity contribution in [1.82, 2.24) is 15.5 Å². The zero-order chi connectivity index (χ0) is 20.4. The molecule has 2 amide bonds. The Labute approximate surface area is 172 Å². The molecule has 2 aromatic carbocycles. The molecule has 0 aromatic heterocycles. The number of halogens is 1. The van der Waals surface area contributed by atoms with Crippen LogP contribution in [0.1, 0.15) is 42.2 Å². The minimum Gasteiger partial charge on any atom is -0.354 e. The van der Waals surface area contributed by atoms with Crippen LogP contribution in [-0.2, 0) is 4.79 Å². The fourth-order valence-corrected chi connectivity index (χ4v) is 3.22. The van der Waals surface area contributed by atoms with E-state index in [4.69, 9.17) is 11.6 Å². The van der Waals surface area contributed by atoms with E-state index >= 15 is 0 Å². The summed E-state index contributed by atoms with van der Waals surface area (Å²) in [7, 11) is 0. The molecule has 2 N–H and O–H groups in total. The lowest BCUT2D eigenvalue weighted by molar-refractivity contribution is -0.121. The molecule has 0 radical (unpaired) electrons. The summed E-state index contributed by atoms with van der Waals surface area (Å²) in [5.41, 5.74) is 1.71. The molecule has 1 atom stereocenters. The van der Waals surface area contributed by atoms with Crippen molar-refractivity contribution in [3.63, 3.8) is 0 Å². The second-order valence-electron chi connectivity index (χ2n) is 6.46. The van der Waals surface area contributed by atoms with Crippen molar-refractivity contribution in [2.75, 3.05) is 26.2 Å². The van der Waals surface area contributed by atoms with Crippen molar-refractivity contribution >= 4 is 23.4 Å². The van der Waals surface area contributed by atoms with Crippen LogP contribution in [0.15, 0.2) is 54.6 Å². The van der Waals surface area contributed by atoms with Crippen LogP contribution >= 0.6 is 11.6 Å². The van der Waals surface area contributed by atoms with E-state index in [2.05, 4.69) is 41.5 Å². The quantitative estimate of drug-likeness (QED) is 0.638. The Morgan fingerprint density at radius 2 is 1.61 bits per heavy atom. The topological polar surface area (TPSA) is 61.4 Å². The second kappa shape index (κ2) is 11.5. The first-order valence-corrected chi connectivity index (χ1v) is 10.0. The van der Waals surface area contributed by atoms with E-state index in [-0.39, 0.29) is 30.8 Å². The molecule has 0 spiro atoms. The van der Waals surface area contributed by atoms with Gasteiger partial charge in [-0.1, -0.05) is 55.8 Å². The minimum atomic E-state index is -0.213. The van der Waals surface area contributed by atoms with E-state index in [1.54, 1.807) is 24.3 Å². The number of carbonyl (C=O) groups excluding carboxylic acids is 2. The van der Waals surface area contributed by atoms with Crippen molar-refractivity contribution in [3.8, 4) is 0 Å². The third kappa shape index (κ3) is 6.66. The maximum absolute atomic E-state index is 12.2. The number of nitrogens with zero attached hydrogens (tertiary/aromatic N) is 1. The number of rotatable bonds is 10. The zero-order valence-electron chi connectivity index (χ0n) is 16.5. The summed E-state index contributed by atoms with van der Waals surface area (Å²) in [5, 5.41) is 6.34. The summed E-state index contributed by atoms with van der Waals surface area (Å²) in [6.45, 7) is 6.87. The van der Waals surface area contributed by atoms with Crippen molar-refractivity contribution in [1.29, 1.82) is 0 Å². The molecular weight excluding hydrogens is 374 g/mol. The Balaban J connectivity index is 1.82. The molecule has 0 heterocycles. The van der Waals surface area contributed by atoms with E-state index in [9.17, 15) is 9.59 Å². The van der Waals surface area contributed by atoms with Gasteiger partial charge in [-0.15, -0.1) is 0 Å². The average Bonchev–Trinajstić information content (AvgIpc) is 2.72. The van der Waals surface area contributed by atoms with Crippen LogP contribution in [0.5, 0.6) is 0 Å². The standard InChI is InChI=1S/C22H28ClN3O2/c1-3-26(4-2)20(17-8-6-5-7-9-17)16-25-21(27)14-15-24-22(28)18-10-12-19(23)13-11-18/h5-13,20H,3-4,14-16H2,1-2H3,(H,24,28)(H,25,27)/t20-/m0/s1. The Kier molecular flexibility index (Phi) is 8.98. The first kappa shape index (κ1) is 21.9. The molecule has 0 unspecified atom stereocenters. The second-order valence-corrected chi connectivity index (χ2v) is 6.90. The van der Waals surface area contributed by atoms with E-state index < -0.39 is 0 Å². The smallest absolute Gasteiger partial charge is 0.251 e. The molecular formula is C22H28ClN3O2. The Morgan fingerprint density at radius 1 is 0.964 bits per heavy atom. The van der Waals surface area contributed by atoms with Crippen molar-refractivity contribution < 1.29 is 9.59 Å².